The number of hydrogen-bond acceptors (Lipinski definition) is 6. The van der Waals surface area contributed by atoms with Gasteiger partial charge in [0.2, 0.25) is 12.5 Å². The Labute approximate surface area is 150 Å². The summed E-state index contributed by atoms with van der Waals surface area (Å²) in [4.78, 5) is 4.52. The van der Waals surface area contributed by atoms with Gasteiger partial charge in [0.1, 0.15) is 0 Å². The van der Waals surface area contributed by atoms with Crippen LogP contribution in [0.2, 0.25) is 0 Å². The van der Waals surface area contributed by atoms with E-state index in [9.17, 15) is 5.11 Å². The third-order valence-electron chi connectivity index (χ3n) is 4.15. The molecule has 4 rings (SSSR count). The van der Waals surface area contributed by atoms with Crippen molar-refractivity contribution >= 4 is 10.8 Å². The van der Waals surface area contributed by atoms with E-state index in [0.29, 0.717) is 30.5 Å². The smallest absolute Gasteiger partial charge is 0.231 e. The fraction of sp³-hybridized carbons (Fsp3) is 0.250. The highest BCUT2D eigenvalue weighted by Gasteiger charge is 2.19. The molecule has 0 bridgehead atoms. The second-order valence-corrected chi connectivity index (χ2v) is 5.77. The van der Waals surface area contributed by atoms with Crippen LogP contribution in [0.1, 0.15) is 13.8 Å². The molecule has 1 aromatic heterocycles. The predicted molar refractivity (Wildman–Crippen MR) is 97.3 cm³/mol. The molecule has 26 heavy (non-hydrogen) atoms. The Bertz CT molecular complexity index is 970. The molecular formula is C20H19NO5. The number of aromatic nitrogens is 1. The van der Waals surface area contributed by atoms with Gasteiger partial charge in [-0.15, -0.1) is 0 Å². The molecule has 1 aliphatic heterocycles. The van der Waals surface area contributed by atoms with Crippen molar-refractivity contribution in [1.82, 2.24) is 4.98 Å². The first kappa shape index (κ1) is 16.3. The lowest BCUT2D eigenvalue weighted by molar-refractivity contribution is 0.174. The number of rotatable bonds is 5. The summed E-state index contributed by atoms with van der Waals surface area (Å²) < 4.78 is 22.1. The quantitative estimate of drug-likeness (QED) is 0.744. The first-order valence-electron chi connectivity index (χ1n) is 8.52. The molecule has 2 aromatic carbocycles. The Morgan fingerprint density at radius 3 is 2.58 bits per heavy atom. The van der Waals surface area contributed by atoms with Gasteiger partial charge < -0.3 is 24.1 Å². The van der Waals surface area contributed by atoms with Crippen LogP contribution >= 0.6 is 0 Å². The number of phenols is 1. The van der Waals surface area contributed by atoms with Crippen molar-refractivity contribution in [3.05, 3.63) is 36.5 Å². The van der Waals surface area contributed by atoms with E-state index in [4.69, 9.17) is 18.9 Å². The fourth-order valence-electron chi connectivity index (χ4n) is 3.07. The molecule has 0 atom stereocenters. The second-order valence-electron chi connectivity index (χ2n) is 5.77. The van der Waals surface area contributed by atoms with Gasteiger partial charge in [0.15, 0.2) is 23.0 Å². The molecule has 6 nitrogen and oxygen atoms in total. The van der Waals surface area contributed by atoms with E-state index in [0.717, 1.165) is 27.8 Å². The average Bonchev–Trinajstić information content (AvgIpc) is 3.09. The number of benzene rings is 2. The van der Waals surface area contributed by atoms with Gasteiger partial charge >= 0.3 is 0 Å². The van der Waals surface area contributed by atoms with Crippen molar-refractivity contribution < 1.29 is 24.1 Å². The summed E-state index contributed by atoms with van der Waals surface area (Å²) in [5.41, 5.74) is 1.46. The lowest BCUT2D eigenvalue weighted by Gasteiger charge is -2.15. The molecule has 0 saturated carbocycles. The van der Waals surface area contributed by atoms with Crippen LogP contribution in [0.25, 0.3) is 22.0 Å². The van der Waals surface area contributed by atoms with Crippen LogP contribution in [-0.2, 0) is 0 Å². The zero-order valence-corrected chi connectivity index (χ0v) is 14.6. The molecule has 0 saturated heterocycles. The van der Waals surface area contributed by atoms with E-state index in [-0.39, 0.29) is 12.5 Å². The standard InChI is InChI=1S/C20H19NO5/c1-3-23-18-9-13(7-15(22)20(18)24-4-2)19-14-10-17-16(25-11-26-17)8-12(14)5-6-21-19/h5-10,22H,3-4,11H2,1-2H3. The molecule has 3 aromatic rings. The summed E-state index contributed by atoms with van der Waals surface area (Å²) in [5.74, 6) is 2.26. The molecule has 0 spiro atoms. The van der Waals surface area contributed by atoms with E-state index in [1.807, 2.05) is 38.1 Å². The topological polar surface area (TPSA) is 70.0 Å². The van der Waals surface area contributed by atoms with E-state index >= 15 is 0 Å². The molecule has 1 aliphatic rings. The zero-order valence-electron chi connectivity index (χ0n) is 14.6. The Balaban J connectivity index is 1.90. The highest BCUT2D eigenvalue weighted by molar-refractivity contribution is 5.97. The Morgan fingerprint density at radius 2 is 1.81 bits per heavy atom. The number of nitrogens with zero attached hydrogens (tertiary/aromatic N) is 1. The fourth-order valence-corrected chi connectivity index (χ4v) is 3.07. The van der Waals surface area contributed by atoms with Crippen LogP contribution < -0.4 is 18.9 Å². The number of aromatic hydroxyl groups is 1. The summed E-state index contributed by atoms with van der Waals surface area (Å²) in [6.07, 6.45) is 1.73. The maximum atomic E-state index is 10.4. The first-order chi connectivity index (χ1) is 12.7. The van der Waals surface area contributed by atoms with Gasteiger partial charge in [-0.3, -0.25) is 4.98 Å². The Hall–Kier alpha value is -3.15. The minimum absolute atomic E-state index is 0.0207. The monoisotopic (exact) mass is 353 g/mol. The maximum absolute atomic E-state index is 10.4. The Morgan fingerprint density at radius 1 is 1.04 bits per heavy atom. The van der Waals surface area contributed by atoms with Gasteiger partial charge in [-0.05, 0) is 49.6 Å². The number of hydrogen-bond donors (Lipinski definition) is 1. The molecule has 0 aliphatic carbocycles. The summed E-state index contributed by atoms with van der Waals surface area (Å²) >= 11 is 0. The predicted octanol–water partition coefficient (Wildman–Crippen LogP) is 4.13. The van der Waals surface area contributed by atoms with Gasteiger partial charge in [-0.25, -0.2) is 0 Å². The SMILES string of the molecule is CCOc1cc(-c2nccc3cc4c(cc23)OCO4)cc(O)c1OCC. The van der Waals surface area contributed by atoms with Gasteiger partial charge in [-0.1, -0.05) is 0 Å². The minimum Gasteiger partial charge on any atom is -0.504 e. The van der Waals surface area contributed by atoms with Crippen LogP contribution in [0.15, 0.2) is 36.5 Å². The van der Waals surface area contributed by atoms with Crippen LogP contribution in [0, 0.1) is 0 Å². The second kappa shape index (κ2) is 6.63. The third-order valence-corrected chi connectivity index (χ3v) is 4.15. The zero-order chi connectivity index (χ0) is 18.1. The molecule has 0 unspecified atom stereocenters. The van der Waals surface area contributed by atoms with Crippen molar-refractivity contribution in [2.45, 2.75) is 13.8 Å². The lowest BCUT2D eigenvalue weighted by Crippen LogP contribution is -1.99. The summed E-state index contributed by atoms with van der Waals surface area (Å²) in [6.45, 7) is 4.86. The largest absolute Gasteiger partial charge is 0.504 e. The van der Waals surface area contributed by atoms with E-state index in [1.54, 1.807) is 12.3 Å². The van der Waals surface area contributed by atoms with Gasteiger partial charge in [0, 0.05) is 17.1 Å². The van der Waals surface area contributed by atoms with Crippen molar-refractivity contribution in [2.75, 3.05) is 20.0 Å². The highest BCUT2D eigenvalue weighted by atomic mass is 16.7. The van der Waals surface area contributed by atoms with Crippen molar-refractivity contribution in [2.24, 2.45) is 0 Å². The molecule has 0 fully saturated rings. The number of pyridine rings is 1. The molecule has 6 heteroatoms. The average molecular weight is 353 g/mol. The van der Waals surface area contributed by atoms with Crippen LogP contribution in [-0.4, -0.2) is 30.1 Å². The van der Waals surface area contributed by atoms with Gasteiger partial charge in [-0.2, -0.15) is 0 Å². The summed E-state index contributed by atoms with van der Waals surface area (Å²) in [6, 6.07) is 9.23. The van der Waals surface area contributed by atoms with Gasteiger partial charge in [0.25, 0.3) is 0 Å². The number of phenolic OH excluding ortho intramolecular Hbond substituents is 1. The molecule has 1 N–H and O–H groups in total. The summed E-state index contributed by atoms with van der Waals surface area (Å²) in [5, 5.41) is 12.3. The van der Waals surface area contributed by atoms with E-state index < -0.39 is 0 Å². The highest BCUT2D eigenvalue weighted by Crippen LogP contribution is 2.43. The molecular weight excluding hydrogens is 334 g/mol. The third kappa shape index (κ3) is 2.73. The summed E-state index contributed by atoms with van der Waals surface area (Å²) in [7, 11) is 0. The maximum Gasteiger partial charge on any atom is 0.231 e. The van der Waals surface area contributed by atoms with E-state index in [1.165, 1.54) is 0 Å². The molecule has 2 heterocycles. The number of ether oxygens (including phenoxy) is 4. The van der Waals surface area contributed by atoms with E-state index in [2.05, 4.69) is 4.98 Å². The molecule has 0 amide bonds. The van der Waals surface area contributed by atoms with Crippen LogP contribution in [0.4, 0.5) is 0 Å². The van der Waals surface area contributed by atoms with Crippen molar-refractivity contribution in [3.63, 3.8) is 0 Å². The minimum atomic E-state index is 0.0207. The van der Waals surface area contributed by atoms with Crippen LogP contribution in [0.5, 0.6) is 28.7 Å². The molecule has 0 radical (unpaired) electrons. The first-order valence-corrected chi connectivity index (χ1v) is 8.52. The lowest BCUT2D eigenvalue weighted by atomic mass is 10.0. The number of fused-ring (bicyclic) bond motifs is 2. The van der Waals surface area contributed by atoms with Crippen molar-refractivity contribution in [3.8, 4) is 40.0 Å². The van der Waals surface area contributed by atoms with Crippen LogP contribution in [0.3, 0.4) is 0 Å². The molecule has 134 valence electrons. The Kier molecular flexibility index (Phi) is 4.16. The van der Waals surface area contributed by atoms with Gasteiger partial charge in [0.05, 0.1) is 18.9 Å². The van der Waals surface area contributed by atoms with Crippen molar-refractivity contribution in [1.29, 1.82) is 0 Å². The normalized spacial score (nSPS) is 12.4.